The van der Waals surface area contributed by atoms with Crippen LogP contribution in [0.1, 0.15) is 23.6 Å². The van der Waals surface area contributed by atoms with Crippen LogP contribution in [0.25, 0.3) is 16.6 Å². The highest BCUT2D eigenvalue weighted by molar-refractivity contribution is 5.84. The predicted octanol–water partition coefficient (Wildman–Crippen LogP) is 3.35. The van der Waals surface area contributed by atoms with E-state index < -0.39 is 0 Å². The Balaban J connectivity index is 1.35. The van der Waals surface area contributed by atoms with E-state index in [0.717, 1.165) is 36.7 Å². The number of aliphatic imine (C=N–C) groups is 1. The largest absolute Gasteiger partial charge is 0.361 e. The van der Waals surface area contributed by atoms with E-state index in [1.807, 2.05) is 12.1 Å². The number of nitrogens with one attached hydrogen (secondary N) is 3. The van der Waals surface area contributed by atoms with Crippen molar-refractivity contribution in [2.45, 2.75) is 26.8 Å². The van der Waals surface area contributed by atoms with Crippen molar-refractivity contribution in [1.29, 1.82) is 0 Å². The van der Waals surface area contributed by atoms with Crippen LogP contribution < -0.4 is 10.6 Å². The highest BCUT2D eigenvalue weighted by atomic mass is 15.3. The van der Waals surface area contributed by atoms with Gasteiger partial charge in [0.15, 0.2) is 5.96 Å². The summed E-state index contributed by atoms with van der Waals surface area (Å²) in [4.78, 5) is 12.1. The summed E-state index contributed by atoms with van der Waals surface area (Å²) in [6.45, 7) is 6.44. The van der Waals surface area contributed by atoms with Crippen molar-refractivity contribution in [2.24, 2.45) is 4.99 Å². The lowest BCUT2D eigenvalue weighted by molar-refractivity contribution is 0.801. The molecule has 2 aromatic carbocycles. The molecule has 154 valence electrons. The van der Waals surface area contributed by atoms with Gasteiger partial charge in [-0.15, -0.1) is 0 Å². The van der Waals surface area contributed by atoms with E-state index in [9.17, 15) is 0 Å². The number of aryl methyl sites for hydroxylation is 1. The molecule has 0 amide bonds. The molecule has 0 bridgehead atoms. The fraction of sp³-hybridized carbons (Fsp3) is 0.261. The molecule has 0 radical (unpaired) electrons. The SMILES string of the molecule is CCNC(=NCc1ccc(-n2cncn2)cc1)NCCc1c[nH]c2cc(C)ccc12. The smallest absolute Gasteiger partial charge is 0.191 e. The fourth-order valence-electron chi connectivity index (χ4n) is 3.43. The lowest BCUT2D eigenvalue weighted by Gasteiger charge is -2.11. The van der Waals surface area contributed by atoms with Crippen LogP contribution in [0, 0.1) is 6.92 Å². The number of aromatic nitrogens is 4. The van der Waals surface area contributed by atoms with Gasteiger partial charge in [-0.2, -0.15) is 5.10 Å². The summed E-state index contributed by atoms with van der Waals surface area (Å²) >= 11 is 0. The number of hydrogen-bond acceptors (Lipinski definition) is 3. The van der Waals surface area contributed by atoms with Crippen molar-refractivity contribution in [2.75, 3.05) is 13.1 Å². The van der Waals surface area contributed by atoms with E-state index in [0.29, 0.717) is 6.54 Å². The number of rotatable bonds is 7. The summed E-state index contributed by atoms with van der Waals surface area (Å²) in [5, 5.41) is 12.2. The van der Waals surface area contributed by atoms with E-state index >= 15 is 0 Å². The van der Waals surface area contributed by atoms with Crippen molar-refractivity contribution in [1.82, 2.24) is 30.4 Å². The van der Waals surface area contributed by atoms with E-state index in [1.54, 1.807) is 11.0 Å². The van der Waals surface area contributed by atoms with E-state index in [-0.39, 0.29) is 0 Å². The topological polar surface area (TPSA) is 82.9 Å². The molecule has 0 unspecified atom stereocenters. The molecular formula is C23H27N7. The highest BCUT2D eigenvalue weighted by Gasteiger charge is 2.05. The average Bonchev–Trinajstić information content (AvgIpc) is 3.43. The number of aromatic amines is 1. The summed E-state index contributed by atoms with van der Waals surface area (Å²) < 4.78 is 1.74. The van der Waals surface area contributed by atoms with Gasteiger partial charge >= 0.3 is 0 Å². The van der Waals surface area contributed by atoms with Gasteiger partial charge in [-0.05, 0) is 55.2 Å². The molecule has 3 N–H and O–H groups in total. The molecule has 0 spiro atoms. The molecular weight excluding hydrogens is 374 g/mol. The zero-order chi connectivity index (χ0) is 20.8. The first-order valence-corrected chi connectivity index (χ1v) is 10.3. The van der Waals surface area contributed by atoms with Gasteiger partial charge in [-0.1, -0.05) is 24.3 Å². The first-order chi connectivity index (χ1) is 14.7. The third kappa shape index (κ3) is 4.68. The maximum absolute atomic E-state index is 4.72. The summed E-state index contributed by atoms with van der Waals surface area (Å²) in [6, 6.07) is 14.7. The Morgan fingerprint density at radius 2 is 2.00 bits per heavy atom. The average molecular weight is 402 g/mol. The third-order valence-corrected chi connectivity index (χ3v) is 4.99. The number of fused-ring (bicyclic) bond motifs is 1. The quantitative estimate of drug-likeness (QED) is 0.328. The van der Waals surface area contributed by atoms with Gasteiger partial charge < -0.3 is 15.6 Å². The van der Waals surface area contributed by atoms with E-state index in [2.05, 4.69) is 76.1 Å². The molecule has 4 aromatic rings. The number of guanidine groups is 1. The third-order valence-electron chi connectivity index (χ3n) is 4.99. The van der Waals surface area contributed by atoms with Gasteiger partial charge in [0.25, 0.3) is 0 Å². The van der Waals surface area contributed by atoms with Crippen molar-refractivity contribution in [3.05, 3.63) is 78.0 Å². The second kappa shape index (κ2) is 9.26. The lowest BCUT2D eigenvalue weighted by atomic mass is 10.1. The summed E-state index contributed by atoms with van der Waals surface area (Å²) in [7, 11) is 0. The van der Waals surface area contributed by atoms with Crippen LogP contribution in [0.2, 0.25) is 0 Å². The highest BCUT2D eigenvalue weighted by Crippen LogP contribution is 2.19. The molecule has 2 aromatic heterocycles. The Morgan fingerprint density at radius 1 is 1.13 bits per heavy atom. The van der Waals surface area contributed by atoms with Gasteiger partial charge in [-0.3, -0.25) is 0 Å². The summed E-state index contributed by atoms with van der Waals surface area (Å²) in [5.74, 6) is 0.827. The maximum atomic E-state index is 4.72. The molecule has 0 fully saturated rings. The zero-order valence-corrected chi connectivity index (χ0v) is 17.4. The zero-order valence-electron chi connectivity index (χ0n) is 17.4. The molecule has 7 heteroatoms. The van der Waals surface area contributed by atoms with E-state index in [1.165, 1.54) is 28.4 Å². The Labute approximate surface area is 176 Å². The van der Waals surface area contributed by atoms with Gasteiger partial charge in [0.05, 0.1) is 12.2 Å². The molecule has 0 aliphatic carbocycles. The Bertz CT molecular complexity index is 1110. The number of benzene rings is 2. The lowest BCUT2D eigenvalue weighted by Crippen LogP contribution is -2.38. The minimum atomic E-state index is 0.610. The second-order valence-corrected chi connectivity index (χ2v) is 7.24. The number of hydrogen-bond donors (Lipinski definition) is 3. The number of nitrogens with zero attached hydrogens (tertiary/aromatic N) is 4. The van der Waals surface area contributed by atoms with Gasteiger partial charge in [0.2, 0.25) is 0 Å². The molecule has 30 heavy (non-hydrogen) atoms. The van der Waals surface area contributed by atoms with Crippen LogP contribution in [0.3, 0.4) is 0 Å². The minimum Gasteiger partial charge on any atom is -0.361 e. The molecule has 0 saturated carbocycles. The molecule has 0 saturated heterocycles. The van der Waals surface area contributed by atoms with Crippen molar-refractivity contribution in [3.63, 3.8) is 0 Å². The van der Waals surface area contributed by atoms with Gasteiger partial charge in [0.1, 0.15) is 12.7 Å². The van der Waals surface area contributed by atoms with Crippen LogP contribution in [0.15, 0.2) is 66.3 Å². The summed E-state index contributed by atoms with van der Waals surface area (Å²) in [5.41, 5.74) is 5.91. The standard InChI is InChI=1S/C23H27N7/c1-3-25-23(26-11-10-19-14-27-22-12-17(2)4-9-21(19)22)28-13-18-5-7-20(8-6-18)30-16-24-15-29-30/h4-9,12,14-16,27H,3,10-11,13H2,1-2H3,(H2,25,26,28). The summed E-state index contributed by atoms with van der Waals surface area (Å²) in [6.07, 6.45) is 6.26. The molecule has 0 aliphatic heterocycles. The first-order valence-electron chi connectivity index (χ1n) is 10.3. The molecule has 0 aliphatic rings. The maximum Gasteiger partial charge on any atom is 0.191 e. The van der Waals surface area contributed by atoms with Crippen LogP contribution >= 0.6 is 0 Å². The van der Waals surface area contributed by atoms with Crippen molar-refractivity contribution in [3.8, 4) is 5.69 Å². The van der Waals surface area contributed by atoms with Gasteiger partial charge in [0, 0.05) is 30.2 Å². The molecule has 7 nitrogen and oxygen atoms in total. The number of H-pyrrole nitrogens is 1. The van der Waals surface area contributed by atoms with Gasteiger partial charge in [-0.25, -0.2) is 14.7 Å². The Kier molecular flexibility index (Phi) is 6.08. The first kappa shape index (κ1) is 19.7. The normalized spacial score (nSPS) is 11.7. The predicted molar refractivity (Wildman–Crippen MR) is 121 cm³/mol. The molecule has 4 rings (SSSR count). The Morgan fingerprint density at radius 3 is 2.77 bits per heavy atom. The molecule has 0 atom stereocenters. The van der Waals surface area contributed by atoms with Crippen LogP contribution in [0.5, 0.6) is 0 Å². The van der Waals surface area contributed by atoms with Crippen LogP contribution in [-0.2, 0) is 13.0 Å². The second-order valence-electron chi connectivity index (χ2n) is 7.24. The van der Waals surface area contributed by atoms with Crippen molar-refractivity contribution < 1.29 is 0 Å². The fourth-order valence-corrected chi connectivity index (χ4v) is 3.43. The minimum absolute atomic E-state index is 0.610. The monoisotopic (exact) mass is 401 g/mol. The van der Waals surface area contributed by atoms with Crippen LogP contribution in [0.4, 0.5) is 0 Å². The van der Waals surface area contributed by atoms with Crippen molar-refractivity contribution >= 4 is 16.9 Å². The Hall–Kier alpha value is -3.61. The molecule has 2 heterocycles. The van der Waals surface area contributed by atoms with E-state index in [4.69, 9.17) is 4.99 Å². The van der Waals surface area contributed by atoms with Crippen LogP contribution in [-0.4, -0.2) is 38.8 Å².